The molecule has 3 rings (SSSR count). The summed E-state index contributed by atoms with van der Waals surface area (Å²) >= 11 is 0. The van der Waals surface area contributed by atoms with Gasteiger partial charge in [-0.25, -0.2) is 4.99 Å². The highest BCUT2D eigenvalue weighted by molar-refractivity contribution is 5.97. The molecule has 3 nitrogen and oxygen atoms in total. The van der Waals surface area contributed by atoms with Crippen LogP contribution in [0.5, 0.6) is 0 Å². The van der Waals surface area contributed by atoms with E-state index in [0.29, 0.717) is 0 Å². The molecule has 1 aromatic carbocycles. The Hall–Kier alpha value is -2.91. The highest BCUT2D eigenvalue weighted by atomic mass is 15.1. The van der Waals surface area contributed by atoms with Crippen LogP contribution in [0.1, 0.15) is 25.1 Å². The van der Waals surface area contributed by atoms with Crippen LogP contribution < -0.4 is 5.32 Å². The van der Waals surface area contributed by atoms with Gasteiger partial charge in [0.2, 0.25) is 0 Å². The number of hydrogen-bond donors (Lipinski definition) is 1. The first-order chi connectivity index (χ1) is 12.8. The fraction of sp³-hybridized carbons (Fsp3) is 0.174. The van der Waals surface area contributed by atoms with Crippen LogP contribution in [0.25, 0.3) is 28.9 Å². The van der Waals surface area contributed by atoms with E-state index in [1.54, 1.807) is 0 Å². The van der Waals surface area contributed by atoms with Gasteiger partial charge >= 0.3 is 0 Å². The van der Waals surface area contributed by atoms with E-state index < -0.39 is 0 Å². The maximum Gasteiger partial charge on any atom is 0.141 e. The number of benzene rings is 1. The molecule has 2 aromatic rings. The molecule has 1 heterocycles. The van der Waals surface area contributed by atoms with E-state index >= 15 is 0 Å². The second-order valence-electron chi connectivity index (χ2n) is 6.10. The molecule has 0 saturated heterocycles. The van der Waals surface area contributed by atoms with Crippen molar-refractivity contribution in [2.24, 2.45) is 4.99 Å². The molecule has 0 amide bonds. The fourth-order valence-corrected chi connectivity index (χ4v) is 3.48. The van der Waals surface area contributed by atoms with Crippen molar-refractivity contribution < 1.29 is 0 Å². The number of aliphatic imine (C=N–C) groups is 1. The van der Waals surface area contributed by atoms with Crippen molar-refractivity contribution in [1.82, 2.24) is 9.88 Å². The first-order valence-electron chi connectivity index (χ1n) is 8.89. The summed E-state index contributed by atoms with van der Waals surface area (Å²) in [6.45, 7) is 7.97. The van der Waals surface area contributed by atoms with Gasteiger partial charge in [0.05, 0.1) is 17.3 Å². The van der Waals surface area contributed by atoms with E-state index in [9.17, 15) is 0 Å². The van der Waals surface area contributed by atoms with Gasteiger partial charge in [-0.1, -0.05) is 60.7 Å². The Morgan fingerprint density at radius 1 is 1.15 bits per heavy atom. The number of nitrogens with zero attached hydrogens (tertiary/aromatic N) is 2. The maximum atomic E-state index is 4.46. The van der Waals surface area contributed by atoms with E-state index in [2.05, 4.69) is 88.4 Å². The highest BCUT2D eigenvalue weighted by Gasteiger charge is 2.20. The van der Waals surface area contributed by atoms with Gasteiger partial charge in [0.1, 0.15) is 5.82 Å². The van der Waals surface area contributed by atoms with Crippen LogP contribution in [-0.2, 0) is 0 Å². The molecule has 0 bridgehead atoms. The molecule has 1 aliphatic carbocycles. The van der Waals surface area contributed by atoms with Crippen LogP contribution >= 0.6 is 0 Å². The van der Waals surface area contributed by atoms with Gasteiger partial charge in [-0.2, -0.15) is 0 Å². The van der Waals surface area contributed by atoms with Crippen LogP contribution in [0.15, 0.2) is 71.3 Å². The Balaban J connectivity index is 2.43. The molecule has 0 aliphatic heterocycles. The van der Waals surface area contributed by atoms with E-state index in [-0.39, 0.29) is 6.04 Å². The van der Waals surface area contributed by atoms with Crippen LogP contribution in [0, 0.1) is 0 Å². The lowest BCUT2D eigenvalue weighted by Gasteiger charge is -2.20. The Bertz CT molecular complexity index is 965. The molecule has 132 valence electrons. The first kappa shape index (κ1) is 17.9. The third kappa shape index (κ3) is 3.02. The minimum atomic E-state index is 0.102. The zero-order valence-electron chi connectivity index (χ0n) is 15.6. The van der Waals surface area contributed by atoms with Crippen LogP contribution in [0.2, 0.25) is 0 Å². The van der Waals surface area contributed by atoms with Gasteiger partial charge in [-0.15, -0.1) is 0 Å². The normalized spacial score (nSPS) is 19.1. The Morgan fingerprint density at radius 3 is 2.62 bits per heavy atom. The van der Waals surface area contributed by atoms with E-state index in [4.69, 9.17) is 0 Å². The molecule has 1 unspecified atom stereocenters. The zero-order chi connectivity index (χ0) is 18.5. The summed E-state index contributed by atoms with van der Waals surface area (Å²) in [5.74, 6) is 0.852. The van der Waals surface area contributed by atoms with Crippen LogP contribution in [0.3, 0.4) is 0 Å². The number of para-hydroxylation sites is 1. The number of fused-ring (bicyclic) bond motifs is 1. The lowest BCUT2D eigenvalue weighted by Crippen LogP contribution is -2.27. The van der Waals surface area contributed by atoms with Gasteiger partial charge in [-0.3, -0.25) is 4.57 Å². The summed E-state index contributed by atoms with van der Waals surface area (Å²) in [4.78, 5) is 4.46. The third-order valence-electron chi connectivity index (χ3n) is 4.57. The standard InChI is InChI=1S/C23H25N3/c1-5-11-17-18-13-8-10-16-22(18)26(21(17)12-6-2)23(25-4)19-14-7-9-15-20(19)24-3/h5-16,20,24H,4H2,1-3H3/b11-5-,12-6-,23-19+. The lowest BCUT2D eigenvalue weighted by atomic mass is 10.0. The summed E-state index contributed by atoms with van der Waals surface area (Å²) in [7, 11) is 1.96. The summed E-state index contributed by atoms with van der Waals surface area (Å²) in [5, 5.41) is 4.55. The molecular weight excluding hydrogens is 318 g/mol. The second-order valence-corrected chi connectivity index (χ2v) is 6.10. The number of hydrogen-bond acceptors (Lipinski definition) is 2. The Kier molecular flexibility index (Phi) is 5.49. The van der Waals surface area contributed by atoms with E-state index in [1.807, 2.05) is 27.0 Å². The van der Waals surface area contributed by atoms with Crippen LogP contribution in [-0.4, -0.2) is 24.4 Å². The molecule has 0 saturated carbocycles. The topological polar surface area (TPSA) is 29.3 Å². The molecule has 1 aromatic heterocycles. The average molecular weight is 343 g/mol. The monoisotopic (exact) mass is 343 g/mol. The second kappa shape index (κ2) is 7.98. The summed E-state index contributed by atoms with van der Waals surface area (Å²) < 4.78 is 2.21. The predicted octanol–water partition coefficient (Wildman–Crippen LogP) is 5.29. The molecule has 0 spiro atoms. The molecule has 1 atom stereocenters. The largest absolute Gasteiger partial charge is 0.310 e. The predicted molar refractivity (Wildman–Crippen MR) is 115 cm³/mol. The minimum Gasteiger partial charge on any atom is -0.310 e. The van der Waals surface area contributed by atoms with Crippen LogP contribution in [0.4, 0.5) is 0 Å². The molecular formula is C23H25N3. The SMILES string of the molecule is C=N/C(=C1/C=CC=CC1NC)n1c(/C=C\C)c(/C=C\C)c2ccccc21. The van der Waals surface area contributed by atoms with Crippen molar-refractivity contribution in [2.75, 3.05) is 7.05 Å². The van der Waals surface area contributed by atoms with Crippen molar-refractivity contribution in [3.05, 3.63) is 77.6 Å². The van der Waals surface area contributed by atoms with Crippen molar-refractivity contribution in [2.45, 2.75) is 19.9 Å². The summed E-state index contributed by atoms with van der Waals surface area (Å²) in [6.07, 6.45) is 16.8. The minimum absolute atomic E-state index is 0.102. The summed E-state index contributed by atoms with van der Waals surface area (Å²) in [5.41, 5.74) is 4.53. The lowest BCUT2D eigenvalue weighted by molar-refractivity contribution is 0.757. The third-order valence-corrected chi connectivity index (χ3v) is 4.57. The zero-order valence-corrected chi connectivity index (χ0v) is 15.6. The fourth-order valence-electron chi connectivity index (χ4n) is 3.48. The summed E-state index contributed by atoms with van der Waals surface area (Å²) in [6, 6.07) is 8.54. The molecule has 0 fully saturated rings. The van der Waals surface area contributed by atoms with Crippen molar-refractivity contribution in [1.29, 1.82) is 0 Å². The van der Waals surface area contributed by atoms with Crippen molar-refractivity contribution in [3.63, 3.8) is 0 Å². The highest BCUT2D eigenvalue weighted by Crippen LogP contribution is 2.34. The van der Waals surface area contributed by atoms with Gasteiger partial charge in [0, 0.05) is 16.5 Å². The number of likely N-dealkylation sites (N-methyl/N-ethyl adjacent to an activating group) is 1. The quantitative estimate of drug-likeness (QED) is 0.734. The van der Waals surface area contributed by atoms with Gasteiger partial charge in [-0.05, 0) is 39.8 Å². The van der Waals surface area contributed by atoms with Crippen molar-refractivity contribution >= 4 is 35.6 Å². The van der Waals surface area contributed by atoms with Gasteiger partial charge in [0.15, 0.2) is 0 Å². The molecule has 26 heavy (non-hydrogen) atoms. The average Bonchev–Trinajstić information content (AvgIpc) is 2.98. The number of aromatic nitrogens is 1. The Morgan fingerprint density at radius 2 is 1.92 bits per heavy atom. The molecule has 0 radical (unpaired) electrons. The van der Waals surface area contributed by atoms with E-state index in [0.717, 1.165) is 22.6 Å². The maximum absolute atomic E-state index is 4.46. The van der Waals surface area contributed by atoms with Gasteiger partial charge in [0.25, 0.3) is 0 Å². The smallest absolute Gasteiger partial charge is 0.141 e. The number of nitrogens with one attached hydrogen (secondary N) is 1. The number of rotatable bonds is 5. The first-order valence-corrected chi connectivity index (χ1v) is 8.89. The van der Waals surface area contributed by atoms with Gasteiger partial charge < -0.3 is 5.32 Å². The molecule has 1 N–H and O–H groups in total. The number of allylic oxidation sites excluding steroid dienone is 4. The van der Waals surface area contributed by atoms with E-state index in [1.165, 1.54) is 10.9 Å². The molecule has 1 aliphatic rings. The molecule has 3 heteroatoms. The Labute approximate surface area is 155 Å². The van der Waals surface area contributed by atoms with Crippen molar-refractivity contribution in [3.8, 4) is 0 Å².